The monoisotopic (exact) mass is 195 g/mol. The molecule has 0 unspecified atom stereocenters. The fraction of sp³-hybridized carbons (Fsp3) is 0.625. The highest BCUT2D eigenvalue weighted by atomic mass is 16.1. The summed E-state index contributed by atoms with van der Waals surface area (Å²) in [5.74, 6) is 0.706. The number of primary amides is 1. The van der Waals surface area contributed by atoms with Gasteiger partial charge in [0, 0.05) is 26.1 Å². The molecule has 76 valence electrons. The molecule has 0 spiro atoms. The Morgan fingerprint density at radius 2 is 2.43 bits per heavy atom. The second-order valence-corrected chi connectivity index (χ2v) is 3.43. The molecular formula is C8H13N5O. The zero-order valence-electron chi connectivity index (χ0n) is 7.89. The summed E-state index contributed by atoms with van der Waals surface area (Å²) in [6, 6.07) is 0. The predicted molar refractivity (Wildman–Crippen MR) is 49.1 cm³/mol. The molecule has 1 aliphatic rings. The Hall–Kier alpha value is -1.43. The maximum atomic E-state index is 10.6. The molecule has 0 saturated heterocycles. The van der Waals surface area contributed by atoms with Gasteiger partial charge in [0.1, 0.15) is 12.2 Å². The van der Waals surface area contributed by atoms with E-state index in [1.54, 1.807) is 6.33 Å². The third-order valence-electron chi connectivity index (χ3n) is 2.39. The Balaban J connectivity index is 1.91. The fourth-order valence-corrected chi connectivity index (χ4v) is 1.58. The Labute approximate surface area is 81.7 Å². The Bertz CT molecular complexity index is 334. The number of carbonyl (C=O) groups excluding carboxylic acids is 1. The molecule has 2 N–H and O–H groups in total. The number of rotatable bonds is 3. The molecule has 2 heterocycles. The molecule has 0 bridgehead atoms. The highest BCUT2D eigenvalue weighted by Crippen LogP contribution is 2.08. The van der Waals surface area contributed by atoms with Crippen LogP contribution in [0.4, 0.5) is 0 Å². The van der Waals surface area contributed by atoms with Crippen LogP contribution in [0.2, 0.25) is 0 Å². The van der Waals surface area contributed by atoms with E-state index >= 15 is 0 Å². The molecular weight excluding hydrogens is 182 g/mol. The Kier molecular flexibility index (Phi) is 2.45. The van der Waals surface area contributed by atoms with Crippen molar-refractivity contribution < 1.29 is 4.79 Å². The van der Waals surface area contributed by atoms with Crippen molar-refractivity contribution in [1.82, 2.24) is 19.7 Å². The zero-order valence-corrected chi connectivity index (χ0v) is 7.89. The van der Waals surface area contributed by atoms with Crippen LogP contribution in [0, 0.1) is 0 Å². The van der Waals surface area contributed by atoms with E-state index in [-0.39, 0.29) is 5.91 Å². The molecule has 1 aliphatic heterocycles. The highest BCUT2D eigenvalue weighted by molar-refractivity contribution is 5.73. The number of aromatic nitrogens is 3. The molecule has 0 aromatic carbocycles. The number of amides is 1. The topological polar surface area (TPSA) is 77.0 Å². The fourth-order valence-electron chi connectivity index (χ4n) is 1.58. The lowest BCUT2D eigenvalue weighted by Crippen LogP contribution is -2.35. The molecule has 0 saturated carbocycles. The van der Waals surface area contributed by atoms with Crippen LogP contribution in [-0.4, -0.2) is 38.7 Å². The normalized spacial score (nSPS) is 16.6. The lowest BCUT2D eigenvalue weighted by molar-refractivity contribution is -0.118. The van der Waals surface area contributed by atoms with Crippen molar-refractivity contribution >= 4 is 5.91 Å². The summed E-state index contributed by atoms with van der Waals surface area (Å²) in [6.45, 7) is 3.29. The minimum absolute atomic E-state index is 0.253. The summed E-state index contributed by atoms with van der Waals surface area (Å²) in [7, 11) is 0. The lowest BCUT2D eigenvalue weighted by atomic mass is 10.3. The van der Waals surface area contributed by atoms with Gasteiger partial charge in [-0.3, -0.25) is 9.69 Å². The minimum atomic E-state index is -0.253. The first-order valence-electron chi connectivity index (χ1n) is 4.63. The second-order valence-electron chi connectivity index (χ2n) is 3.43. The molecule has 0 fully saturated rings. The van der Waals surface area contributed by atoms with Crippen LogP contribution in [0.25, 0.3) is 0 Å². The number of hydrogen-bond acceptors (Lipinski definition) is 4. The van der Waals surface area contributed by atoms with Crippen LogP contribution in [0.15, 0.2) is 6.33 Å². The van der Waals surface area contributed by atoms with Crippen LogP contribution in [0.1, 0.15) is 12.2 Å². The van der Waals surface area contributed by atoms with Crippen molar-refractivity contribution in [3.05, 3.63) is 12.2 Å². The van der Waals surface area contributed by atoms with E-state index in [1.165, 1.54) is 0 Å². The van der Waals surface area contributed by atoms with Crippen LogP contribution < -0.4 is 5.73 Å². The third kappa shape index (κ3) is 1.90. The van der Waals surface area contributed by atoms with Crippen LogP contribution in [-0.2, 0) is 17.9 Å². The summed E-state index contributed by atoms with van der Waals surface area (Å²) in [4.78, 5) is 12.8. The van der Waals surface area contributed by atoms with Crippen molar-refractivity contribution in [1.29, 1.82) is 0 Å². The van der Waals surface area contributed by atoms with E-state index in [9.17, 15) is 4.79 Å². The first-order chi connectivity index (χ1) is 6.75. The van der Waals surface area contributed by atoms with Gasteiger partial charge in [-0.1, -0.05) is 0 Å². The molecule has 1 amide bonds. The molecule has 6 heteroatoms. The highest BCUT2D eigenvalue weighted by Gasteiger charge is 2.16. The standard InChI is InChI=1S/C8H13N5O/c9-7(14)1-2-12-3-4-13-6-10-11-8(13)5-12/h6H,1-5H2,(H2,9,14). The Morgan fingerprint density at radius 1 is 1.57 bits per heavy atom. The van der Waals surface area contributed by atoms with Crippen LogP contribution in [0.3, 0.4) is 0 Å². The maximum absolute atomic E-state index is 10.6. The first kappa shape index (κ1) is 9.14. The molecule has 6 nitrogen and oxygen atoms in total. The number of carbonyl (C=O) groups is 1. The van der Waals surface area contributed by atoms with Gasteiger partial charge in [0.2, 0.25) is 5.91 Å². The number of nitrogens with zero attached hydrogens (tertiary/aromatic N) is 4. The average Bonchev–Trinajstić information content (AvgIpc) is 2.61. The summed E-state index contributed by atoms with van der Waals surface area (Å²) in [5, 5.41) is 7.82. The quantitative estimate of drug-likeness (QED) is 0.669. The number of fused-ring (bicyclic) bond motifs is 1. The van der Waals surface area contributed by atoms with Crippen molar-refractivity contribution in [2.45, 2.75) is 19.5 Å². The van der Waals surface area contributed by atoms with E-state index in [2.05, 4.69) is 15.1 Å². The van der Waals surface area contributed by atoms with Gasteiger partial charge in [-0.05, 0) is 0 Å². The molecule has 2 rings (SSSR count). The Morgan fingerprint density at radius 3 is 3.21 bits per heavy atom. The predicted octanol–water partition coefficient (Wildman–Crippen LogP) is -1.03. The average molecular weight is 195 g/mol. The SMILES string of the molecule is NC(=O)CCN1CCn2cnnc2C1. The van der Waals surface area contributed by atoms with Crippen molar-refractivity contribution in [3.63, 3.8) is 0 Å². The van der Waals surface area contributed by atoms with Crippen LogP contribution in [0.5, 0.6) is 0 Å². The van der Waals surface area contributed by atoms with Gasteiger partial charge in [-0.2, -0.15) is 0 Å². The van der Waals surface area contributed by atoms with Gasteiger partial charge >= 0.3 is 0 Å². The summed E-state index contributed by atoms with van der Waals surface area (Å²) < 4.78 is 2.03. The van der Waals surface area contributed by atoms with Gasteiger partial charge < -0.3 is 10.3 Å². The number of nitrogens with two attached hydrogens (primary N) is 1. The third-order valence-corrected chi connectivity index (χ3v) is 2.39. The van der Waals surface area contributed by atoms with Crippen molar-refractivity contribution in [2.24, 2.45) is 5.73 Å². The second kappa shape index (κ2) is 3.75. The first-order valence-corrected chi connectivity index (χ1v) is 4.63. The number of hydrogen-bond donors (Lipinski definition) is 1. The molecule has 1 aromatic heterocycles. The summed E-state index contributed by atoms with van der Waals surface area (Å²) in [6.07, 6.45) is 2.15. The molecule has 0 atom stereocenters. The molecule has 0 aliphatic carbocycles. The zero-order chi connectivity index (χ0) is 9.97. The van der Waals surface area contributed by atoms with E-state index < -0.39 is 0 Å². The molecule has 0 radical (unpaired) electrons. The van der Waals surface area contributed by atoms with Crippen molar-refractivity contribution in [3.8, 4) is 0 Å². The van der Waals surface area contributed by atoms with Crippen LogP contribution >= 0.6 is 0 Å². The summed E-state index contributed by atoms with van der Waals surface area (Å²) >= 11 is 0. The van der Waals surface area contributed by atoms with E-state index in [0.29, 0.717) is 13.0 Å². The van der Waals surface area contributed by atoms with E-state index in [1.807, 2.05) is 4.57 Å². The van der Waals surface area contributed by atoms with Gasteiger partial charge in [-0.15, -0.1) is 10.2 Å². The minimum Gasteiger partial charge on any atom is -0.370 e. The molecule has 1 aromatic rings. The largest absolute Gasteiger partial charge is 0.370 e. The van der Waals surface area contributed by atoms with Gasteiger partial charge in [0.15, 0.2) is 0 Å². The van der Waals surface area contributed by atoms with E-state index in [0.717, 1.165) is 25.5 Å². The van der Waals surface area contributed by atoms with Gasteiger partial charge in [0.25, 0.3) is 0 Å². The molecule has 14 heavy (non-hydrogen) atoms. The summed E-state index contributed by atoms with van der Waals surface area (Å²) in [5.41, 5.74) is 5.09. The van der Waals surface area contributed by atoms with E-state index in [4.69, 9.17) is 5.73 Å². The smallest absolute Gasteiger partial charge is 0.218 e. The van der Waals surface area contributed by atoms with Crippen molar-refractivity contribution in [2.75, 3.05) is 13.1 Å². The van der Waals surface area contributed by atoms with Gasteiger partial charge in [0.05, 0.1) is 6.54 Å². The lowest BCUT2D eigenvalue weighted by Gasteiger charge is -2.26. The van der Waals surface area contributed by atoms with Gasteiger partial charge in [-0.25, -0.2) is 0 Å². The maximum Gasteiger partial charge on any atom is 0.218 e.